The molecule has 5 rings (SSSR count). The van der Waals surface area contributed by atoms with Gasteiger partial charge in [-0.15, -0.1) is 10.2 Å². The number of ether oxygens (including phenoxy) is 1. The van der Waals surface area contributed by atoms with Crippen molar-refractivity contribution in [1.29, 1.82) is 0 Å². The van der Waals surface area contributed by atoms with Crippen LogP contribution in [0.1, 0.15) is 36.2 Å². The number of benzene rings is 2. The zero-order valence-corrected chi connectivity index (χ0v) is 18.4. The average Bonchev–Trinajstić information content (AvgIpc) is 3.36. The number of hydrogen-bond acceptors (Lipinski definition) is 7. The van der Waals surface area contributed by atoms with E-state index in [4.69, 9.17) is 20.9 Å². The van der Waals surface area contributed by atoms with Gasteiger partial charge in [-0.05, 0) is 37.5 Å². The minimum absolute atomic E-state index is 0.311. The molecule has 0 bridgehead atoms. The molecule has 0 N–H and O–H groups in total. The SMILES string of the molecule is Cc1ccccc1-c1noc(CSc2nnc(COc3ccccc3Cl)n2C2CC2)n1. The molecule has 0 saturated heterocycles. The van der Waals surface area contributed by atoms with Gasteiger partial charge in [0.05, 0.1) is 10.8 Å². The highest BCUT2D eigenvalue weighted by Crippen LogP contribution is 2.39. The molecule has 9 heteroatoms. The monoisotopic (exact) mass is 453 g/mol. The molecule has 1 aliphatic rings. The van der Waals surface area contributed by atoms with Gasteiger partial charge in [-0.25, -0.2) is 0 Å². The zero-order valence-electron chi connectivity index (χ0n) is 16.9. The second-order valence-electron chi connectivity index (χ2n) is 7.33. The van der Waals surface area contributed by atoms with Gasteiger partial charge in [0.2, 0.25) is 11.7 Å². The smallest absolute Gasteiger partial charge is 0.237 e. The van der Waals surface area contributed by atoms with Gasteiger partial charge in [0, 0.05) is 11.6 Å². The van der Waals surface area contributed by atoms with Gasteiger partial charge in [0.25, 0.3) is 0 Å². The Morgan fingerprint density at radius 3 is 2.74 bits per heavy atom. The fourth-order valence-corrected chi connectivity index (χ4v) is 4.33. The highest BCUT2D eigenvalue weighted by molar-refractivity contribution is 7.98. The van der Waals surface area contributed by atoms with Crippen LogP contribution in [0.25, 0.3) is 11.4 Å². The predicted octanol–water partition coefficient (Wildman–Crippen LogP) is 5.50. The van der Waals surface area contributed by atoms with Gasteiger partial charge < -0.3 is 9.26 Å². The van der Waals surface area contributed by atoms with Crippen LogP contribution in [-0.4, -0.2) is 24.9 Å². The Bertz CT molecular complexity index is 1200. The van der Waals surface area contributed by atoms with Crippen LogP contribution in [0.3, 0.4) is 0 Å². The lowest BCUT2D eigenvalue weighted by Gasteiger charge is -2.10. The first-order chi connectivity index (χ1) is 15.2. The summed E-state index contributed by atoms with van der Waals surface area (Å²) in [5.74, 6) is 3.11. The number of hydrogen-bond donors (Lipinski definition) is 0. The first kappa shape index (κ1) is 20.1. The number of aryl methyl sites for hydroxylation is 1. The fourth-order valence-electron chi connectivity index (χ4n) is 3.28. The topological polar surface area (TPSA) is 78.9 Å². The quantitative estimate of drug-likeness (QED) is 0.326. The molecule has 0 aliphatic heterocycles. The molecule has 2 aromatic heterocycles. The molecule has 0 radical (unpaired) electrons. The van der Waals surface area contributed by atoms with E-state index in [1.807, 2.05) is 49.4 Å². The summed E-state index contributed by atoms with van der Waals surface area (Å²) in [5, 5.41) is 14.3. The molecule has 2 heterocycles. The van der Waals surface area contributed by atoms with E-state index in [2.05, 4.69) is 24.9 Å². The maximum atomic E-state index is 6.19. The van der Waals surface area contributed by atoms with Crippen molar-refractivity contribution in [1.82, 2.24) is 24.9 Å². The Labute approximate surface area is 188 Å². The Kier molecular flexibility index (Phi) is 5.65. The summed E-state index contributed by atoms with van der Waals surface area (Å²) in [7, 11) is 0. The van der Waals surface area contributed by atoms with Crippen LogP contribution < -0.4 is 4.74 Å². The lowest BCUT2D eigenvalue weighted by Crippen LogP contribution is -2.07. The van der Waals surface area contributed by atoms with Crippen molar-refractivity contribution in [2.24, 2.45) is 0 Å². The van der Waals surface area contributed by atoms with Crippen LogP contribution >= 0.6 is 23.4 Å². The fraction of sp³-hybridized carbons (Fsp3) is 0.273. The van der Waals surface area contributed by atoms with Crippen molar-refractivity contribution in [3.05, 3.63) is 70.8 Å². The Hall–Kier alpha value is -2.84. The van der Waals surface area contributed by atoms with Gasteiger partial charge in [0.15, 0.2) is 11.0 Å². The van der Waals surface area contributed by atoms with Crippen molar-refractivity contribution in [3.8, 4) is 17.1 Å². The van der Waals surface area contributed by atoms with Crippen LogP contribution in [0, 0.1) is 6.92 Å². The van der Waals surface area contributed by atoms with Gasteiger partial charge in [-0.3, -0.25) is 4.57 Å². The summed E-state index contributed by atoms with van der Waals surface area (Å²) < 4.78 is 13.5. The maximum Gasteiger partial charge on any atom is 0.237 e. The summed E-state index contributed by atoms with van der Waals surface area (Å²) in [5.41, 5.74) is 2.08. The number of aromatic nitrogens is 5. The van der Waals surface area contributed by atoms with Crippen molar-refractivity contribution in [2.45, 2.75) is 43.3 Å². The first-order valence-electron chi connectivity index (χ1n) is 10.0. The lowest BCUT2D eigenvalue weighted by atomic mass is 10.1. The van der Waals surface area contributed by atoms with E-state index in [0.717, 1.165) is 34.9 Å². The van der Waals surface area contributed by atoms with Crippen molar-refractivity contribution in [2.75, 3.05) is 0 Å². The van der Waals surface area contributed by atoms with E-state index in [1.54, 1.807) is 6.07 Å². The van der Waals surface area contributed by atoms with E-state index in [0.29, 0.717) is 40.9 Å². The lowest BCUT2D eigenvalue weighted by molar-refractivity contribution is 0.288. The molecule has 0 amide bonds. The van der Waals surface area contributed by atoms with Gasteiger partial charge in [0.1, 0.15) is 12.4 Å². The number of halogens is 1. The Morgan fingerprint density at radius 1 is 1.13 bits per heavy atom. The molecule has 2 aromatic carbocycles. The normalized spacial score (nSPS) is 13.5. The van der Waals surface area contributed by atoms with Crippen molar-refractivity contribution >= 4 is 23.4 Å². The van der Waals surface area contributed by atoms with E-state index in [-0.39, 0.29) is 0 Å². The minimum atomic E-state index is 0.311. The van der Waals surface area contributed by atoms with Crippen LogP contribution in [0.5, 0.6) is 5.75 Å². The summed E-state index contributed by atoms with van der Waals surface area (Å²) in [4.78, 5) is 4.54. The average molecular weight is 454 g/mol. The molecule has 1 aliphatic carbocycles. The summed E-state index contributed by atoms with van der Waals surface area (Å²) in [6.07, 6.45) is 2.23. The first-order valence-corrected chi connectivity index (χ1v) is 11.4. The molecule has 0 spiro atoms. The Morgan fingerprint density at radius 2 is 1.94 bits per heavy atom. The molecule has 4 aromatic rings. The standard InChI is InChI=1S/C22H20ClN5O2S/c1-14-6-2-3-7-16(14)21-24-20(30-27-21)13-31-22-26-25-19(28(22)15-10-11-15)12-29-18-9-5-4-8-17(18)23/h2-9,15H,10-13H2,1H3. The second kappa shape index (κ2) is 8.72. The van der Waals surface area contributed by atoms with Gasteiger partial charge in [-0.1, -0.05) is 64.9 Å². The van der Waals surface area contributed by atoms with Gasteiger partial charge in [-0.2, -0.15) is 4.98 Å². The van der Waals surface area contributed by atoms with E-state index in [1.165, 1.54) is 11.8 Å². The summed E-state index contributed by atoms with van der Waals surface area (Å²) in [6, 6.07) is 15.8. The van der Waals surface area contributed by atoms with Crippen LogP contribution in [0.15, 0.2) is 58.2 Å². The summed E-state index contributed by atoms with van der Waals surface area (Å²) in [6.45, 7) is 2.34. The molecule has 31 heavy (non-hydrogen) atoms. The molecular weight excluding hydrogens is 434 g/mol. The number of thioether (sulfide) groups is 1. The zero-order chi connectivity index (χ0) is 21.2. The van der Waals surface area contributed by atoms with E-state index < -0.39 is 0 Å². The maximum absolute atomic E-state index is 6.19. The van der Waals surface area contributed by atoms with Crippen LogP contribution in [0.4, 0.5) is 0 Å². The molecule has 1 saturated carbocycles. The van der Waals surface area contributed by atoms with Crippen molar-refractivity contribution in [3.63, 3.8) is 0 Å². The number of rotatable bonds is 8. The van der Waals surface area contributed by atoms with Gasteiger partial charge >= 0.3 is 0 Å². The van der Waals surface area contributed by atoms with Crippen LogP contribution in [0.2, 0.25) is 5.02 Å². The molecular formula is C22H20ClN5O2S. The van der Waals surface area contributed by atoms with E-state index >= 15 is 0 Å². The molecule has 7 nitrogen and oxygen atoms in total. The summed E-state index contributed by atoms with van der Waals surface area (Å²) >= 11 is 7.73. The molecule has 158 valence electrons. The number of nitrogens with zero attached hydrogens (tertiary/aromatic N) is 5. The van der Waals surface area contributed by atoms with Crippen molar-refractivity contribution < 1.29 is 9.26 Å². The molecule has 0 unspecified atom stereocenters. The third kappa shape index (κ3) is 4.45. The molecule has 0 atom stereocenters. The number of para-hydroxylation sites is 1. The highest BCUT2D eigenvalue weighted by Gasteiger charge is 2.30. The molecule has 1 fully saturated rings. The highest BCUT2D eigenvalue weighted by atomic mass is 35.5. The third-order valence-electron chi connectivity index (χ3n) is 5.02. The minimum Gasteiger partial charge on any atom is -0.484 e. The predicted molar refractivity (Wildman–Crippen MR) is 118 cm³/mol. The second-order valence-corrected chi connectivity index (χ2v) is 8.68. The Balaban J connectivity index is 1.28. The largest absolute Gasteiger partial charge is 0.484 e. The van der Waals surface area contributed by atoms with E-state index in [9.17, 15) is 0 Å². The van der Waals surface area contributed by atoms with Crippen LogP contribution in [-0.2, 0) is 12.4 Å². The third-order valence-corrected chi connectivity index (χ3v) is 6.26.